The van der Waals surface area contributed by atoms with E-state index in [1.807, 2.05) is 62.6 Å². The van der Waals surface area contributed by atoms with Crippen molar-refractivity contribution in [2.75, 3.05) is 36.2 Å². The second-order valence-electron chi connectivity index (χ2n) is 5.15. The predicted octanol–water partition coefficient (Wildman–Crippen LogP) is 3.96. The van der Waals surface area contributed by atoms with Gasteiger partial charge in [-0.25, -0.2) is 0 Å². The molecule has 0 fully saturated rings. The molecule has 0 radical (unpaired) electrons. The number of nitrogens with one attached hydrogen (secondary N) is 2. The average Bonchev–Trinajstić information content (AvgIpc) is 2.50. The maximum absolute atomic E-state index is 11.9. The van der Waals surface area contributed by atoms with Crippen LogP contribution in [-0.2, 0) is 4.79 Å². The molecule has 0 atom stereocenters. The van der Waals surface area contributed by atoms with Crippen molar-refractivity contribution >= 4 is 38.9 Å². The third kappa shape index (κ3) is 4.77. The van der Waals surface area contributed by atoms with E-state index in [4.69, 9.17) is 0 Å². The molecular formula is C17H20BrN3O. The molecule has 0 saturated heterocycles. The largest absolute Gasteiger partial charge is 0.385 e. The summed E-state index contributed by atoms with van der Waals surface area (Å²) in [5.41, 5.74) is 2.96. The fourth-order valence-corrected chi connectivity index (χ4v) is 2.36. The van der Waals surface area contributed by atoms with Gasteiger partial charge in [0.2, 0.25) is 5.91 Å². The Kier molecular flexibility index (Phi) is 5.83. The smallest absolute Gasteiger partial charge is 0.226 e. The van der Waals surface area contributed by atoms with Crippen molar-refractivity contribution in [3.63, 3.8) is 0 Å². The van der Waals surface area contributed by atoms with Crippen LogP contribution in [-0.4, -0.2) is 26.5 Å². The number of carbonyl (C=O) groups is 1. The summed E-state index contributed by atoms with van der Waals surface area (Å²) in [6.45, 7) is 0.595. The maximum Gasteiger partial charge on any atom is 0.226 e. The van der Waals surface area contributed by atoms with E-state index in [1.54, 1.807) is 0 Å². The highest BCUT2D eigenvalue weighted by atomic mass is 79.9. The summed E-state index contributed by atoms with van der Waals surface area (Å²) in [6.07, 6.45) is 0.413. The third-order valence-electron chi connectivity index (χ3n) is 3.21. The summed E-state index contributed by atoms with van der Waals surface area (Å²) in [6, 6.07) is 15.7. The second kappa shape index (κ2) is 7.84. The fraction of sp³-hybridized carbons (Fsp3) is 0.235. The van der Waals surface area contributed by atoms with E-state index in [1.165, 1.54) is 0 Å². The Labute approximate surface area is 139 Å². The van der Waals surface area contributed by atoms with E-state index < -0.39 is 0 Å². The van der Waals surface area contributed by atoms with Crippen LogP contribution < -0.4 is 15.5 Å². The second-order valence-corrected chi connectivity index (χ2v) is 6.00. The van der Waals surface area contributed by atoms with Gasteiger partial charge in [-0.15, -0.1) is 0 Å². The minimum Gasteiger partial charge on any atom is -0.385 e. The summed E-state index contributed by atoms with van der Waals surface area (Å²) in [5, 5.41) is 6.14. The molecule has 1 amide bonds. The normalized spacial score (nSPS) is 10.1. The molecule has 2 rings (SSSR count). The Balaban J connectivity index is 1.78. The molecule has 0 heterocycles. The van der Waals surface area contributed by atoms with Crippen LogP contribution in [0.4, 0.5) is 17.1 Å². The average molecular weight is 362 g/mol. The van der Waals surface area contributed by atoms with Gasteiger partial charge in [0.1, 0.15) is 0 Å². The highest BCUT2D eigenvalue weighted by Gasteiger charge is 2.04. The van der Waals surface area contributed by atoms with Crippen LogP contribution in [0.2, 0.25) is 0 Å². The lowest BCUT2D eigenvalue weighted by Gasteiger charge is -2.13. The molecule has 0 aliphatic rings. The van der Waals surface area contributed by atoms with Gasteiger partial charge in [-0.1, -0.05) is 12.1 Å². The first kappa shape index (κ1) is 16.4. The van der Waals surface area contributed by atoms with E-state index in [-0.39, 0.29) is 5.91 Å². The number of hydrogen-bond donors (Lipinski definition) is 2. The van der Waals surface area contributed by atoms with Gasteiger partial charge in [0, 0.05) is 42.9 Å². The SMILES string of the molecule is CN(C)c1ccc(NCCC(=O)Nc2ccccc2Br)cc1. The van der Waals surface area contributed by atoms with E-state index in [0.717, 1.165) is 21.5 Å². The van der Waals surface area contributed by atoms with Gasteiger partial charge in [-0.2, -0.15) is 0 Å². The molecule has 5 heteroatoms. The zero-order valence-corrected chi connectivity index (χ0v) is 14.4. The molecule has 0 saturated carbocycles. The summed E-state index contributed by atoms with van der Waals surface area (Å²) in [5.74, 6) is -0.00990. The Morgan fingerprint density at radius 1 is 1.09 bits per heavy atom. The van der Waals surface area contributed by atoms with Gasteiger partial charge in [0.05, 0.1) is 5.69 Å². The Bertz CT molecular complexity index is 626. The molecule has 4 nitrogen and oxygen atoms in total. The van der Waals surface area contributed by atoms with Crippen molar-refractivity contribution in [2.24, 2.45) is 0 Å². The predicted molar refractivity (Wildman–Crippen MR) is 96.6 cm³/mol. The number of amides is 1. The van der Waals surface area contributed by atoms with Crippen molar-refractivity contribution in [3.8, 4) is 0 Å². The number of rotatable bonds is 6. The zero-order valence-electron chi connectivity index (χ0n) is 12.8. The summed E-state index contributed by atoms with van der Waals surface area (Å²) in [4.78, 5) is 14.0. The van der Waals surface area contributed by atoms with Crippen LogP contribution in [0.5, 0.6) is 0 Å². The van der Waals surface area contributed by atoms with Gasteiger partial charge >= 0.3 is 0 Å². The summed E-state index contributed by atoms with van der Waals surface area (Å²) in [7, 11) is 4.02. The minimum absolute atomic E-state index is 0.00990. The van der Waals surface area contributed by atoms with Gasteiger partial charge < -0.3 is 15.5 Å². The summed E-state index contributed by atoms with van der Waals surface area (Å²) >= 11 is 3.41. The van der Waals surface area contributed by atoms with Crippen molar-refractivity contribution in [3.05, 3.63) is 53.0 Å². The Hall–Kier alpha value is -2.01. The highest BCUT2D eigenvalue weighted by Crippen LogP contribution is 2.21. The molecule has 2 aromatic carbocycles. The van der Waals surface area contributed by atoms with Crippen LogP contribution in [0.15, 0.2) is 53.0 Å². The van der Waals surface area contributed by atoms with Gasteiger partial charge in [0.25, 0.3) is 0 Å². The molecule has 0 spiro atoms. The van der Waals surface area contributed by atoms with Crippen LogP contribution in [0.3, 0.4) is 0 Å². The molecule has 0 aliphatic heterocycles. The first-order valence-corrected chi connectivity index (χ1v) is 7.91. The van der Waals surface area contributed by atoms with Gasteiger partial charge in [0.15, 0.2) is 0 Å². The lowest BCUT2D eigenvalue weighted by molar-refractivity contribution is -0.115. The highest BCUT2D eigenvalue weighted by molar-refractivity contribution is 9.10. The number of nitrogens with zero attached hydrogens (tertiary/aromatic N) is 1. The van der Waals surface area contributed by atoms with Crippen LogP contribution in [0.1, 0.15) is 6.42 Å². The molecule has 0 aliphatic carbocycles. The number of para-hydroxylation sites is 1. The standard InChI is InChI=1S/C17H20BrN3O/c1-21(2)14-9-7-13(8-10-14)19-12-11-17(22)20-16-6-4-3-5-15(16)18/h3-10,19H,11-12H2,1-2H3,(H,20,22). The first-order valence-electron chi connectivity index (χ1n) is 7.12. The van der Waals surface area contributed by atoms with E-state index in [0.29, 0.717) is 13.0 Å². The van der Waals surface area contributed by atoms with Crippen LogP contribution in [0, 0.1) is 0 Å². The molecule has 0 aromatic heterocycles. The number of hydrogen-bond acceptors (Lipinski definition) is 3. The molecular weight excluding hydrogens is 342 g/mol. The molecule has 22 heavy (non-hydrogen) atoms. The van der Waals surface area contributed by atoms with E-state index in [2.05, 4.69) is 31.5 Å². The van der Waals surface area contributed by atoms with Crippen molar-refractivity contribution in [2.45, 2.75) is 6.42 Å². The number of carbonyl (C=O) groups excluding carboxylic acids is 1. The van der Waals surface area contributed by atoms with Crippen LogP contribution in [0.25, 0.3) is 0 Å². The Morgan fingerprint density at radius 3 is 2.41 bits per heavy atom. The molecule has 116 valence electrons. The van der Waals surface area contributed by atoms with E-state index >= 15 is 0 Å². The minimum atomic E-state index is -0.00990. The van der Waals surface area contributed by atoms with Crippen LogP contribution >= 0.6 is 15.9 Å². The van der Waals surface area contributed by atoms with Gasteiger partial charge in [-0.05, 0) is 52.3 Å². The molecule has 2 aromatic rings. The third-order valence-corrected chi connectivity index (χ3v) is 3.90. The lowest BCUT2D eigenvalue weighted by atomic mass is 10.2. The number of benzene rings is 2. The summed E-state index contributed by atoms with van der Waals surface area (Å²) < 4.78 is 0.885. The first-order chi connectivity index (χ1) is 10.6. The number of halogens is 1. The van der Waals surface area contributed by atoms with Crippen molar-refractivity contribution in [1.29, 1.82) is 0 Å². The number of anilines is 3. The molecule has 2 N–H and O–H groups in total. The zero-order chi connectivity index (χ0) is 15.9. The van der Waals surface area contributed by atoms with E-state index in [9.17, 15) is 4.79 Å². The molecule has 0 bridgehead atoms. The maximum atomic E-state index is 11.9. The lowest BCUT2D eigenvalue weighted by Crippen LogP contribution is -2.16. The molecule has 0 unspecified atom stereocenters. The fourth-order valence-electron chi connectivity index (χ4n) is 1.97. The topological polar surface area (TPSA) is 44.4 Å². The monoisotopic (exact) mass is 361 g/mol. The van der Waals surface area contributed by atoms with Crippen molar-refractivity contribution in [1.82, 2.24) is 0 Å². The van der Waals surface area contributed by atoms with Gasteiger partial charge in [-0.3, -0.25) is 4.79 Å². The van der Waals surface area contributed by atoms with Crippen molar-refractivity contribution < 1.29 is 4.79 Å². The quantitative estimate of drug-likeness (QED) is 0.818. The Morgan fingerprint density at radius 2 is 1.77 bits per heavy atom.